The van der Waals surface area contributed by atoms with E-state index in [9.17, 15) is 19.2 Å². The zero-order valence-electron chi connectivity index (χ0n) is 18.5. The molecule has 0 fully saturated rings. The predicted molar refractivity (Wildman–Crippen MR) is 120 cm³/mol. The Labute approximate surface area is 194 Å². The summed E-state index contributed by atoms with van der Waals surface area (Å²) in [6.07, 6.45) is 1.59. The number of amides is 2. The van der Waals surface area contributed by atoms with Gasteiger partial charge in [-0.05, 0) is 60.4 Å². The molecule has 1 aromatic heterocycles. The van der Waals surface area contributed by atoms with Crippen molar-refractivity contribution in [2.24, 2.45) is 0 Å². The molecule has 0 bridgehead atoms. The van der Waals surface area contributed by atoms with Gasteiger partial charge in [-0.1, -0.05) is 6.07 Å². The molecular weight excluding hydrogens is 442 g/mol. The second kappa shape index (κ2) is 9.27. The lowest BCUT2D eigenvalue weighted by Crippen LogP contribution is -2.33. The Morgan fingerprint density at radius 2 is 2.09 bits per heavy atom. The fourth-order valence-electron chi connectivity index (χ4n) is 3.86. The molecule has 34 heavy (non-hydrogen) atoms. The van der Waals surface area contributed by atoms with E-state index in [1.54, 1.807) is 25.1 Å². The van der Waals surface area contributed by atoms with Gasteiger partial charge in [0.1, 0.15) is 18.5 Å². The number of rotatable bonds is 4. The first-order valence-corrected chi connectivity index (χ1v) is 10.5. The number of hydrogen-bond acceptors (Lipinski definition) is 5. The lowest BCUT2D eigenvalue weighted by molar-refractivity contribution is 0.0957. The molecule has 0 radical (unpaired) electrons. The van der Waals surface area contributed by atoms with Crippen LogP contribution in [0.5, 0.6) is 5.75 Å². The summed E-state index contributed by atoms with van der Waals surface area (Å²) >= 11 is 0. The van der Waals surface area contributed by atoms with Crippen LogP contribution in [-0.4, -0.2) is 37.0 Å². The van der Waals surface area contributed by atoms with Crippen molar-refractivity contribution in [2.75, 3.05) is 25.1 Å². The molecule has 2 aromatic carbocycles. The first-order valence-electron chi connectivity index (χ1n) is 10.5. The van der Waals surface area contributed by atoms with Crippen molar-refractivity contribution < 1.29 is 23.1 Å². The van der Waals surface area contributed by atoms with Gasteiger partial charge in [0.25, 0.3) is 11.8 Å². The second-order valence-electron chi connectivity index (χ2n) is 7.71. The number of halogens is 2. The largest absolute Gasteiger partial charge is 0.488 e. The van der Waals surface area contributed by atoms with E-state index in [4.69, 9.17) is 4.74 Å². The molecule has 0 spiro atoms. The van der Waals surface area contributed by atoms with E-state index in [0.29, 0.717) is 11.1 Å². The van der Waals surface area contributed by atoms with Crippen molar-refractivity contribution in [1.29, 1.82) is 5.26 Å². The van der Waals surface area contributed by atoms with Gasteiger partial charge in [-0.25, -0.2) is 13.8 Å². The smallest absolute Gasteiger partial charge is 0.263 e. The van der Waals surface area contributed by atoms with Crippen LogP contribution in [0.15, 0.2) is 42.6 Å². The lowest BCUT2D eigenvalue weighted by Gasteiger charge is -2.20. The van der Waals surface area contributed by atoms with Crippen LogP contribution < -0.4 is 15.0 Å². The minimum absolute atomic E-state index is 0.00686. The van der Waals surface area contributed by atoms with Crippen LogP contribution in [0.2, 0.25) is 0 Å². The molecule has 4 rings (SSSR count). The highest BCUT2D eigenvalue weighted by molar-refractivity contribution is 6.08. The van der Waals surface area contributed by atoms with E-state index >= 15 is 4.39 Å². The molecule has 7 nitrogen and oxygen atoms in total. The van der Waals surface area contributed by atoms with E-state index in [1.165, 1.54) is 36.3 Å². The summed E-state index contributed by atoms with van der Waals surface area (Å²) in [7, 11) is 1.41. The van der Waals surface area contributed by atoms with Gasteiger partial charge >= 0.3 is 0 Å². The number of nitrogens with one attached hydrogen (secondary N) is 1. The molecular formula is C25H20F2N4O3. The molecule has 3 aromatic rings. The normalized spacial score (nSPS) is 12.9. The maximum absolute atomic E-state index is 15.3. The van der Waals surface area contributed by atoms with Crippen LogP contribution >= 0.6 is 0 Å². The zero-order chi connectivity index (χ0) is 24.4. The Morgan fingerprint density at radius 1 is 1.29 bits per heavy atom. The molecule has 172 valence electrons. The number of carbonyl (C=O) groups is 2. The first-order chi connectivity index (χ1) is 16.3. The van der Waals surface area contributed by atoms with Gasteiger partial charge in [-0.15, -0.1) is 0 Å². The second-order valence-corrected chi connectivity index (χ2v) is 7.71. The minimum Gasteiger partial charge on any atom is -0.488 e. The molecule has 0 atom stereocenters. The van der Waals surface area contributed by atoms with Crippen molar-refractivity contribution in [3.63, 3.8) is 0 Å². The van der Waals surface area contributed by atoms with E-state index in [2.05, 4.69) is 10.3 Å². The topological polar surface area (TPSA) is 95.3 Å². The Bertz CT molecular complexity index is 1350. The van der Waals surface area contributed by atoms with E-state index in [-0.39, 0.29) is 53.4 Å². The summed E-state index contributed by atoms with van der Waals surface area (Å²) in [5, 5.41) is 11.8. The Morgan fingerprint density at radius 3 is 2.79 bits per heavy atom. The molecule has 1 aliphatic rings. The summed E-state index contributed by atoms with van der Waals surface area (Å²) in [6.45, 7) is 1.66. The summed E-state index contributed by atoms with van der Waals surface area (Å²) in [6, 6.07) is 10.8. The average Bonchev–Trinajstić information content (AvgIpc) is 3.00. The highest BCUT2D eigenvalue weighted by Gasteiger charge is 2.31. The first kappa shape index (κ1) is 22.9. The Kier molecular flexibility index (Phi) is 6.23. The van der Waals surface area contributed by atoms with Gasteiger partial charge < -0.3 is 10.1 Å². The highest BCUT2D eigenvalue weighted by atomic mass is 19.1. The van der Waals surface area contributed by atoms with Crippen LogP contribution in [0.3, 0.4) is 0 Å². The number of anilines is 1. The van der Waals surface area contributed by atoms with Crippen molar-refractivity contribution in [1.82, 2.24) is 10.3 Å². The van der Waals surface area contributed by atoms with Gasteiger partial charge in [0.05, 0.1) is 23.2 Å². The van der Waals surface area contributed by atoms with Gasteiger partial charge in [0.15, 0.2) is 17.4 Å². The van der Waals surface area contributed by atoms with E-state index in [1.807, 2.05) is 6.07 Å². The van der Waals surface area contributed by atoms with Crippen molar-refractivity contribution in [2.45, 2.75) is 13.3 Å². The van der Waals surface area contributed by atoms with Crippen molar-refractivity contribution in [3.05, 3.63) is 87.6 Å². The Hall–Kier alpha value is -4.32. The van der Waals surface area contributed by atoms with Crippen LogP contribution in [-0.2, 0) is 6.42 Å². The SMILES string of the molecule is CNC(=O)c1ccc(Cc2cc3c(c(F)c2C)OCCN(c2ncccc2C#N)C3=O)cc1F. The number of ether oxygens (including phenoxy) is 1. The molecule has 1 aliphatic heterocycles. The van der Waals surface area contributed by atoms with Crippen LogP contribution in [0, 0.1) is 29.9 Å². The fourth-order valence-corrected chi connectivity index (χ4v) is 3.86. The van der Waals surface area contributed by atoms with E-state index in [0.717, 1.165) is 0 Å². The van der Waals surface area contributed by atoms with Crippen LogP contribution in [0.1, 0.15) is 43.0 Å². The average molecular weight is 462 g/mol. The quantitative estimate of drug-likeness (QED) is 0.640. The number of fused-ring (bicyclic) bond motifs is 1. The lowest BCUT2D eigenvalue weighted by atomic mass is 9.95. The maximum Gasteiger partial charge on any atom is 0.263 e. The van der Waals surface area contributed by atoms with E-state index < -0.39 is 23.4 Å². The fraction of sp³-hybridized carbons (Fsp3) is 0.200. The Balaban J connectivity index is 1.74. The third-order valence-corrected chi connectivity index (χ3v) is 5.67. The number of carbonyl (C=O) groups excluding carboxylic acids is 2. The minimum atomic E-state index is -0.700. The third-order valence-electron chi connectivity index (χ3n) is 5.67. The molecule has 2 heterocycles. The molecule has 0 aliphatic carbocycles. The van der Waals surface area contributed by atoms with Gasteiger partial charge in [0, 0.05) is 13.2 Å². The molecule has 1 N–H and O–H groups in total. The number of nitrogens with zero attached hydrogens (tertiary/aromatic N) is 3. The van der Waals surface area contributed by atoms with Crippen LogP contribution in [0.4, 0.5) is 14.6 Å². The number of aromatic nitrogens is 1. The van der Waals surface area contributed by atoms with Gasteiger partial charge in [0.2, 0.25) is 0 Å². The third kappa shape index (κ3) is 4.06. The summed E-state index contributed by atoms with van der Waals surface area (Å²) < 4.78 is 35.3. The van der Waals surface area contributed by atoms with Gasteiger partial charge in [-0.3, -0.25) is 14.5 Å². The monoisotopic (exact) mass is 462 g/mol. The molecule has 0 saturated heterocycles. The maximum atomic E-state index is 15.3. The standard InChI is InChI=1S/C25H20F2N4O3/c1-14-17(10-15-5-6-18(20(26)11-15)24(32)29-2)12-19-22(21(14)27)34-9-8-31(25(19)33)23-16(13-28)4-3-7-30-23/h3-7,11-12H,8-10H2,1-2H3,(H,29,32). The highest BCUT2D eigenvalue weighted by Crippen LogP contribution is 2.34. The number of nitriles is 1. The number of hydrogen-bond donors (Lipinski definition) is 1. The van der Waals surface area contributed by atoms with Gasteiger partial charge in [-0.2, -0.15) is 5.26 Å². The molecule has 9 heteroatoms. The molecule has 0 unspecified atom stereocenters. The predicted octanol–water partition coefficient (Wildman–Crippen LogP) is 3.53. The molecule has 2 amide bonds. The van der Waals surface area contributed by atoms with Crippen molar-refractivity contribution in [3.8, 4) is 11.8 Å². The zero-order valence-corrected chi connectivity index (χ0v) is 18.5. The summed E-state index contributed by atoms with van der Waals surface area (Å²) in [4.78, 5) is 30.6. The summed E-state index contributed by atoms with van der Waals surface area (Å²) in [5.41, 5.74) is 1.34. The number of benzene rings is 2. The number of pyridine rings is 1. The van der Waals surface area contributed by atoms with Crippen molar-refractivity contribution >= 4 is 17.6 Å². The summed E-state index contributed by atoms with van der Waals surface area (Å²) in [5.74, 6) is -2.47. The molecule has 0 saturated carbocycles. The van der Waals surface area contributed by atoms with Crippen LogP contribution in [0.25, 0.3) is 0 Å².